The molecule has 0 nitrogen and oxygen atoms in total. The lowest BCUT2D eigenvalue weighted by Crippen LogP contribution is -2.28. The molecule has 42 heavy (non-hydrogen) atoms. The molecule has 0 bridgehead atoms. The fourth-order valence-electron chi connectivity index (χ4n) is 7.30. The van der Waals surface area contributed by atoms with Crippen LogP contribution in [0.5, 0.6) is 0 Å². The van der Waals surface area contributed by atoms with Crippen molar-refractivity contribution in [3.63, 3.8) is 0 Å². The molecule has 2 aliphatic rings. The molecule has 0 aliphatic heterocycles. The van der Waals surface area contributed by atoms with Gasteiger partial charge in [-0.25, -0.2) is 0 Å². The number of hydrogen-bond donors (Lipinski definition) is 0. The molecule has 0 aromatic heterocycles. The Morgan fingerprint density at radius 2 is 0.619 bits per heavy atom. The molecule has 8 rings (SSSR count). The van der Waals surface area contributed by atoms with Gasteiger partial charge in [-0.3, -0.25) is 0 Å². The van der Waals surface area contributed by atoms with E-state index >= 15 is 0 Å². The number of benzene rings is 6. The van der Waals surface area contributed by atoms with Crippen LogP contribution in [0.25, 0.3) is 22.3 Å². The Labute approximate surface area is 250 Å². The fraction of sp³-hybridized carbons (Fsp3) is 0.143. The molecule has 6 aromatic rings. The third kappa shape index (κ3) is 3.90. The Hall–Kier alpha value is -4.68. The molecule has 0 N–H and O–H groups in total. The Bertz CT molecular complexity index is 1760. The maximum atomic E-state index is 2.30. The van der Waals surface area contributed by atoms with Crippen molar-refractivity contribution >= 4 is 0 Å². The molecule has 0 unspecified atom stereocenters. The second-order valence-electron chi connectivity index (χ2n) is 12.3. The molecule has 204 valence electrons. The van der Waals surface area contributed by atoms with Crippen molar-refractivity contribution in [2.24, 2.45) is 0 Å². The number of hydrogen-bond acceptors (Lipinski definition) is 0. The van der Waals surface area contributed by atoms with Gasteiger partial charge in [0.2, 0.25) is 0 Å². The molecule has 0 amide bonds. The van der Waals surface area contributed by atoms with E-state index < -0.39 is 0 Å². The van der Waals surface area contributed by atoms with Crippen molar-refractivity contribution in [1.82, 2.24) is 0 Å². The summed E-state index contributed by atoms with van der Waals surface area (Å²) in [6.45, 7) is 8.91. The number of rotatable bonds is 2. The average molecular weight is 541 g/mol. The number of aryl methyl sites for hydroxylation is 2. The van der Waals surface area contributed by atoms with Crippen LogP contribution in [0.15, 0.2) is 146 Å². The lowest BCUT2D eigenvalue weighted by atomic mass is 9.67. The second-order valence-corrected chi connectivity index (χ2v) is 12.3. The first-order valence-corrected chi connectivity index (χ1v) is 15.0. The maximum Gasteiger partial charge on any atom is 0.0713 e. The van der Waals surface area contributed by atoms with Gasteiger partial charge < -0.3 is 0 Å². The van der Waals surface area contributed by atoms with E-state index in [1.807, 2.05) is 0 Å². The third-order valence-electron chi connectivity index (χ3n) is 9.41. The van der Waals surface area contributed by atoms with Crippen LogP contribution >= 0.6 is 0 Å². The van der Waals surface area contributed by atoms with Crippen LogP contribution in [-0.4, -0.2) is 0 Å². The van der Waals surface area contributed by atoms with Gasteiger partial charge >= 0.3 is 0 Å². The predicted molar refractivity (Wildman–Crippen MR) is 177 cm³/mol. The van der Waals surface area contributed by atoms with Crippen LogP contribution < -0.4 is 0 Å². The third-order valence-corrected chi connectivity index (χ3v) is 9.41. The van der Waals surface area contributed by atoms with Crippen molar-refractivity contribution in [2.75, 3.05) is 0 Å². The SMILES string of the molecule is CC1(C)c2ccccc2-c2ccccc21.Cc1ccc(C2(c3ccc(C)cc3)c3ccccc3-c3ccccc32)cc1. The van der Waals surface area contributed by atoms with Gasteiger partial charge in [0.25, 0.3) is 0 Å². The van der Waals surface area contributed by atoms with Crippen LogP contribution in [0.1, 0.15) is 58.4 Å². The Kier molecular flexibility index (Phi) is 6.24. The van der Waals surface area contributed by atoms with Gasteiger partial charge in [0.1, 0.15) is 0 Å². The van der Waals surface area contributed by atoms with Gasteiger partial charge in [0, 0.05) is 5.41 Å². The highest BCUT2D eigenvalue weighted by Gasteiger charge is 2.45. The van der Waals surface area contributed by atoms with Crippen LogP contribution in [0.4, 0.5) is 0 Å². The molecular weight excluding hydrogens is 504 g/mol. The zero-order chi connectivity index (χ0) is 28.9. The standard InChI is InChI=1S/C27H22.C15H14/c1-19-11-15-21(16-12-19)27(22-17-13-20(2)14-18-22)25-9-5-3-7-23(25)24-8-4-6-10-26(24)27;1-15(2)13-9-5-3-7-11(13)12-8-4-6-10-14(12)15/h3-18H,1-2H3;3-10H,1-2H3. The minimum absolute atomic E-state index is 0.160. The van der Waals surface area contributed by atoms with E-state index in [0.717, 1.165) is 0 Å². The van der Waals surface area contributed by atoms with Gasteiger partial charge in [-0.15, -0.1) is 0 Å². The Morgan fingerprint density at radius 1 is 0.333 bits per heavy atom. The van der Waals surface area contributed by atoms with Crippen LogP contribution in [0.3, 0.4) is 0 Å². The number of fused-ring (bicyclic) bond motifs is 6. The Morgan fingerprint density at radius 3 is 0.976 bits per heavy atom. The summed E-state index contributed by atoms with van der Waals surface area (Å²) < 4.78 is 0. The molecule has 0 atom stereocenters. The van der Waals surface area contributed by atoms with Crippen molar-refractivity contribution in [2.45, 2.75) is 38.5 Å². The first-order chi connectivity index (χ1) is 20.4. The molecule has 0 spiro atoms. The molecular formula is C42H36. The highest BCUT2D eigenvalue weighted by atomic mass is 14.5. The van der Waals surface area contributed by atoms with Crippen LogP contribution in [-0.2, 0) is 10.8 Å². The van der Waals surface area contributed by atoms with E-state index in [-0.39, 0.29) is 10.8 Å². The van der Waals surface area contributed by atoms with E-state index in [1.165, 1.54) is 66.8 Å². The van der Waals surface area contributed by atoms with Gasteiger partial charge in [-0.05, 0) is 69.5 Å². The van der Waals surface area contributed by atoms with E-state index in [1.54, 1.807) is 0 Å². The van der Waals surface area contributed by atoms with Crippen LogP contribution in [0, 0.1) is 13.8 Å². The Balaban J connectivity index is 0.000000162. The minimum atomic E-state index is -0.269. The molecule has 0 heteroatoms. The molecule has 6 aromatic carbocycles. The summed E-state index contributed by atoms with van der Waals surface area (Å²) in [5.74, 6) is 0. The molecule has 0 saturated carbocycles. The topological polar surface area (TPSA) is 0 Å². The highest BCUT2D eigenvalue weighted by Crippen LogP contribution is 2.56. The molecule has 0 heterocycles. The highest BCUT2D eigenvalue weighted by molar-refractivity contribution is 5.86. The zero-order valence-corrected chi connectivity index (χ0v) is 24.9. The second kappa shape index (κ2) is 10.00. The summed E-state index contributed by atoms with van der Waals surface area (Å²) in [5, 5.41) is 0. The summed E-state index contributed by atoms with van der Waals surface area (Å²) in [5.41, 5.74) is 16.3. The van der Waals surface area contributed by atoms with Crippen LogP contribution in [0.2, 0.25) is 0 Å². The van der Waals surface area contributed by atoms with E-state index in [4.69, 9.17) is 0 Å². The largest absolute Gasteiger partial charge is 0.0713 e. The monoisotopic (exact) mass is 540 g/mol. The molecule has 0 radical (unpaired) electrons. The average Bonchev–Trinajstić information content (AvgIpc) is 3.46. The van der Waals surface area contributed by atoms with Gasteiger partial charge in [0.15, 0.2) is 0 Å². The molecule has 2 aliphatic carbocycles. The van der Waals surface area contributed by atoms with Crippen molar-refractivity contribution in [3.05, 3.63) is 190 Å². The van der Waals surface area contributed by atoms with Gasteiger partial charge in [-0.2, -0.15) is 0 Å². The van der Waals surface area contributed by atoms with Gasteiger partial charge in [0.05, 0.1) is 5.41 Å². The first kappa shape index (κ1) is 26.2. The van der Waals surface area contributed by atoms with E-state index in [2.05, 4.69) is 173 Å². The molecule has 0 saturated heterocycles. The maximum absolute atomic E-state index is 2.30. The zero-order valence-electron chi connectivity index (χ0n) is 24.9. The summed E-state index contributed by atoms with van der Waals surface area (Å²) in [6, 6.07) is 53.3. The predicted octanol–water partition coefficient (Wildman–Crippen LogP) is 10.7. The summed E-state index contributed by atoms with van der Waals surface area (Å²) in [7, 11) is 0. The fourth-order valence-corrected chi connectivity index (χ4v) is 7.30. The lowest BCUT2D eigenvalue weighted by molar-refractivity contribution is 0.660. The van der Waals surface area contributed by atoms with Crippen molar-refractivity contribution < 1.29 is 0 Å². The first-order valence-electron chi connectivity index (χ1n) is 15.0. The quantitative estimate of drug-likeness (QED) is 0.205. The lowest BCUT2D eigenvalue weighted by Gasteiger charge is -2.34. The normalized spacial score (nSPS) is 14.6. The van der Waals surface area contributed by atoms with E-state index in [0.29, 0.717) is 0 Å². The minimum Gasteiger partial charge on any atom is -0.0619 e. The summed E-state index contributed by atoms with van der Waals surface area (Å²) >= 11 is 0. The smallest absolute Gasteiger partial charge is 0.0619 e. The van der Waals surface area contributed by atoms with E-state index in [9.17, 15) is 0 Å². The summed E-state index contributed by atoms with van der Waals surface area (Å²) in [6.07, 6.45) is 0. The molecule has 0 fully saturated rings. The van der Waals surface area contributed by atoms with Gasteiger partial charge in [-0.1, -0.05) is 171 Å². The van der Waals surface area contributed by atoms with Crippen molar-refractivity contribution in [1.29, 1.82) is 0 Å². The van der Waals surface area contributed by atoms with Crippen molar-refractivity contribution in [3.8, 4) is 22.3 Å². The summed E-state index contributed by atoms with van der Waals surface area (Å²) in [4.78, 5) is 0.